The molecule has 3 rings (SSSR count). The Labute approximate surface area is 144 Å². The summed E-state index contributed by atoms with van der Waals surface area (Å²) in [6.45, 7) is 0.308. The van der Waals surface area contributed by atoms with Crippen molar-refractivity contribution < 1.29 is 9.59 Å². The summed E-state index contributed by atoms with van der Waals surface area (Å²) in [5, 5.41) is 12.4. The molecule has 8 heteroatoms. The van der Waals surface area contributed by atoms with Gasteiger partial charge in [0.2, 0.25) is 11.8 Å². The number of aromatic nitrogens is 3. The van der Waals surface area contributed by atoms with Crippen molar-refractivity contribution in [2.24, 2.45) is 13.0 Å². The minimum absolute atomic E-state index is 0.0176. The summed E-state index contributed by atoms with van der Waals surface area (Å²) in [4.78, 5) is 24.1. The summed E-state index contributed by atoms with van der Waals surface area (Å²) in [5.74, 6) is 0.371. The fourth-order valence-corrected chi connectivity index (χ4v) is 2.91. The van der Waals surface area contributed by atoms with Gasteiger partial charge in [0.05, 0.1) is 6.54 Å². The van der Waals surface area contributed by atoms with Crippen LogP contribution in [-0.4, -0.2) is 26.6 Å². The number of fused-ring (bicyclic) bond motifs is 1. The van der Waals surface area contributed by atoms with Gasteiger partial charge in [-0.25, -0.2) is 0 Å². The number of nitrogens with zero attached hydrogens (tertiary/aromatic N) is 2. The van der Waals surface area contributed by atoms with Gasteiger partial charge in [-0.1, -0.05) is 18.2 Å². The van der Waals surface area contributed by atoms with Crippen LogP contribution in [0.3, 0.4) is 0 Å². The van der Waals surface area contributed by atoms with Crippen molar-refractivity contribution >= 4 is 29.7 Å². The van der Waals surface area contributed by atoms with E-state index in [4.69, 9.17) is 12.2 Å². The predicted octanol–water partition coefficient (Wildman–Crippen LogP) is 1.69. The third-order valence-corrected chi connectivity index (χ3v) is 4.61. The van der Waals surface area contributed by atoms with Crippen molar-refractivity contribution in [2.45, 2.75) is 25.8 Å². The second-order valence-corrected chi connectivity index (χ2v) is 6.25. The number of nitrogens with one attached hydrogen (secondary N) is 3. The number of H-pyrrole nitrogens is 1. The Bertz CT molecular complexity index is 826. The molecule has 1 atom stereocenters. The summed E-state index contributed by atoms with van der Waals surface area (Å²) < 4.78 is 2.22. The molecule has 2 aromatic rings. The molecule has 1 unspecified atom stereocenters. The number of anilines is 1. The van der Waals surface area contributed by atoms with Crippen molar-refractivity contribution in [3.8, 4) is 0 Å². The summed E-state index contributed by atoms with van der Waals surface area (Å²) in [7, 11) is 1.79. The number of carbonyl (C=O) groups excluding carboxylic acids is 2. The molecule has 0 bridgehead atoms. The van der Waals surface area contributed by atoms with Gasteiger partial charge in [-0.3, -0.25) is 14.7 Å². The third-order valence-electron chi connectivity index (χ3n) is 4.25. The van der Waals surface area contributed by atoms with E-state index in [2.05, 4.69) is 20.8 Å². The lowest BCUT2D eigenvalue weighted by atomic mass is 9.89. The number of carbonyl (C=O) groups is 2. The quantitative estimate of drug-likeness (QED) is 0.719. The molecule has 0 radical (unpaired) electrons. The van der Waals surface area contributed by atoms with Crippen molar-refractivity contribution in [2.75, 3.05) is 5.32 Å². The second kappa shape index (κ2) is 6.96. The van der Waals surface area contributed by atoms with E-state index in [1.807, 2.05) is 24.3 Å². The minimum atomic E-state index is -0.175. The highest BCUT2D eigenvalue weighted by Gasteiger charge is 2.26. The first kappa shape index (κ1) is 16.4. The van der Waals surface area contributed by atoms with E-state index in [0.717, 1.165) is 11.3 Å². The average molecular weight is 345 g/mol. The molecule has 0 aliphatic carbocycles. The van der Waals surface area contributed by atoms with Gasteiger partial charge in [-0.05, 0) is 36.7 Å². The van der Waals surface area contributed by atoms with Crippen LogP contribution in [0.15, 0.2) is 24.3 Å². The van der Waals surface area contributed by atoms with Crippen molar-refractivity contribution in [1.29, 1.82) is 0 Å². The number of hydrogen-bond donors (Lipinski definition) is 3. The molecule has 3 N–H and O–H groups in total. The van der Waals surface area contributed by atoms with Gasteiger partial charge in [0.1, 0.15) is 0 Å². The summed E-state index contributed by atoms with van der Waals surface area (Å²) in [6.07, 6.45) is 1.49. The van der Waals surface area contributed by atoms with Crippen molar-refractivity contribution in [3.05, 3.63) is 40.4 Å². The molecule has 0 saturated heterocycles. The lowest BCUT2D eigenvalue weighted by molar-refractivity contribution is -0.123. The van der Waals surface area contributed by atoms with Crippen LogP contribution in [0.25, 0.3) is 0 Å². The SMILES string of the molecule is Cn1c(CNC(=O)CCC2Cc3ccccc3NC2=O)n[nH]c1=S. The number of para-hydroxylation sites is 1. The monoisotopic (exact) mass is 345 g/mol. The van der Waals surface area contributed by atoms with Gasteiger partial charge in [-0.2, -0.15) is 5.10 Å². The molecule has 1 aromatic heterocycles. The highest BCUT2D eigenvalue weighted by atomic mass is 32.1. The highest BCUT2D eigenvalue weighted by Crippen LogP contribution is 2.27. The Morgan fingerprint density at radius 1 is 1.46 bits per heavy atom. The third kappa shape index (κ3) is 3.53. The lowest BCUT2D eigenvalue weighted by Gasteiger charge is -2.24. The van der Waals surface area contributed by atoms with Gasteiger partial charge in [0, 0.05) is 25.1 Å². The van der Waals surface area contributed by atoms with E-state index in [1.165, 1.54) is 0 Å². The number of benzene rings is 1. The maximum Gasteiger partial charge on any atom is 0.227 e. The molecule has 7 nitrogen and oxygen atoms in total. The Balaban J connectivity index is 1.50. The Kier molecular flexibility index (Phi) is 4.75. The van der Waals surface area contributed by atoms with Crippen molar-refractivity contribution in [3.63, 3.8) is 0 Å². The average Bonchev–Trinajstić information content (AvgIpc) is 2.90. The molecule has 24 heavy (non-hydrogen) atoms. The van der Waals surface area contributed by atoms with E-state index >= 15 is 0 Å². The molecular weight excluding hydrogens is 326 g/mol. The number of amides is 2. The number of rotatable bonds is 5. The van der Waals surface area contributed by atoms with E-state index in [0.29, 0.717) is 36.4 Å². The smallest absolute Gasteiger partial charge is 0.227 e. The molecule has 2 heterocycles. The molecule has 1 aromatic carbocycles. The van der Waals surface area contributed by atoms with E-state index in [-0.39, 0.29) is 17.7 Å². The van der Waals surface area contributed by atoms with Crippen LogP contribution in [0.4, 0.5) is 5.69 Å². The van der Waals surface area contributed by atoms with Gasteiger partial charge in [0.15, 0.2) is 10.6 Å². The van der Waals surface area contributed by atoms with Crippen molar-refractivity contribution in [1.82, 2.24) is 20.1 Å². The van der Waals surface area contributed by atoms with Gasteiger partial charge in [0.25, 0.3) is 0 Å². The predicted molar refractivity (Wildman–Crippen MR) is 91.7 cm³/mol. The fourth-order valence-electron chi connectivity index (χ4n) is 2.76. The van der Waals surface area contributed by atoms with Gasteiger partial charge in [-0.15, -0.1) is 0 Å². The number of hydrogen-bond acceptors (Lipinski definition) is 4. The maximum absolute atomic E-state index is 12.1. The Morgan fingerprint density at radius 2 is 2.25 bits per heavy atom. The van der Waals surface area contributed by atoms with Gasteiger partial charge >= 0.3 is 0 Å². The molecule has 1 aliphatic rings. The summed E-state index contributed by atoms with van der Waals surface area (Å²) >= 11 is 5.02. The molecular formula is C16H19N5O2S. The Morgan fingerprint density at radius 3 is 3.00 bits per heavy atom. The molecule has 126 valence electrons. The summed E-state index contributed by atoms with van der Waals surface area (Å²) in [6, 6.07) is 7.76. The van der Waals surface area contributed by atoms with Crippen LogP contribution in [0, 0.1) is 10.7 Å². The molecule has 1 aliphatic heterocycles. The largest absolute Gasteiger partial charge is 0.349 e. The first-order valence-electron chi connectivity index (χ1n) is 7.80. The van der Waals surface area contributed by atoms with Gasteiger partial charge < -0.3 is 15.2 Å². The second-order valence-electron chi connectivity index (χ2n) is 5.87. The fraction of sp³-hybridized carbons (Fsp3) is 0.375. The highest BCUT2D eigenvalue weighted by molar-refractivity contribution is 7.71. The summed E-state index contributed by atoms with van der Waals surface area (Å²) in [5.41, 5.74) is 1.98. The first-order chi connectivity index (χ1) is 11.5. The lowest BCUT2D eigenvalue weighted by Crippen LogP contribution is -2.31. The maximum atomic E-state index is 12.1. The van der Waals surface area contributed by atoms with E-state index < -0.39 is 0 Å². The van der Waals surface area contributed by atoms with Crippen LogP contribution < -0.4 is 10.6 Å². The van der Waals surface area contributed by atoms with Crippen LogP contribution in [0.1, 0.15) is 24.2 Å². The Hall–Kier alpha value is -2.48. The minimum Gasteiger partial charge on any atom is -0.349 e. The van der Waals surface area contributed by atoms with Crippen LogP contribution in [0.5, 0.6) is 0 Å². The molecule has 0 fully saturated rings. The van der Waals surface area contributed by atoms with E-state index in [1.54, 1.807) is 11.6 Å². The molecule has 0 saturated carbocycles. The van der Waals surface area contributed by atoms with Crippen LogP contribution in [0.2, 0.25) is 0 Å². The van der Waals surface area contributed by atoms with Crippen LogP contribution in [-0.2, 0) is 29.6 Å². The molecule has 0 spiro atoms. The van der Waals surface area contributed by atoms with Crippen LogP contribution >= 0.6 is 12.2 Å². The zero-order valence-electron chi connectivity index (χ0n) is 13.3. The molecule has 2 amide bonds. The topological polar surface area (TPSA) is 91.8 Å². The van der Waals surface area contributed by atoms with E-state index in [9.17, 15) is 9.59 Å². The standard InChI is InChI=1S/C16H19N5O2S/c1-21-13(19-20-16(21)24)9-17-14(22)7-6-11-8-10-4-2-3-5-12(10)18-15(11)23/h2-5,11H,6-9H2,1H3,(H,17,22)(H,18,23)(H,20,24). The number of aromatic amines is 1. The zero-order chi connectivity index (χ0) is 17.1. The first-order valence-corrected chi connectivity index (χ1v) is 8.21. The normalized spacial score (nSPS) is 16.4. The zero-order valence-corrected chi connectivity index (χ0v) is 14.2.